The van der Waals surface area contributed by atoms with Gasteiger partial charge in [-0.05, 0) is 20.8 Å². The van der Waals surface area contributed by atoms with E-state index in [2.05, 4.69) is 16.9 Å². The van der Waals surface area contributed by atoms with E-state index in [4.69, 9.17) is 0 Å². The van der Waals surface area contributed by atoms with E-state index >= 15 is 0 Å². The molecule has 0 unspecified atom stereocenters. The summed E-state index contributed by atoms with van der Waals surface area (Å²) in [7, 11) is 1.87. The molecule has 0 saturated heterocycles. The Bertz CT molecular complexity index is 361. The molecule has 0 radical (unpaired) electrons. The largest absolute Gasteiger partial charge is 0.378 e. The molecule has 1 rings (SSSR count). The van der Waals surface area contributed by atoms with Gasteiger partial charge in [0.2, 0.25) is 0 Å². The van der Waals surface area contributed by atoms with Crippen LogP contribution >= 0.6 is 0 Å². The van der Waals surface area contributed by atoms with E-state index in [0.717, 1.165) is 11.3 Å². The Morgan fingerprint density at radius 1 is 1.54 bits per heavy atom. The molecule has 0 aliphatic heterocycles. The maximum Gasteiger partial charge on any atom is 0.120 e. The molecule has 0 amide bonds. The smallest absolute Gasteiger partial charge is 0.120 e. The second-order valence-electron chi connectivity index (χ2n) is 3.58. The molecule has 0 fully saturated rings. The zero-order valence-corrected chi connectivity index (χ0v) is 8.42. The summed E-state index contributed by atoms with van der Waals surface area (Å²) in [5.74, 6) is 5.63. The first-order valence-electron chi connectivity index (χ1n) is 4.14. The molecule has 13 heavy (non-hydrogen) atoms. The lowest BCUT2D eigenvalue weighted by Gasteiger charge is -2.05. The van der Waals surface area contributed by atoms with E-state index in [0.29, 0.717) is 0 Å². The third-order valence-corrected chi connectivity index (χ3v) is 1.74. The molecule has 0 bridgehead atoms. The predicted octanol–water partition coefficient (Wildman–Crippen LogP) is 0.851. The maximum atomic E-state index is 9.38. The van der Waals surface area contributed by atoms with Gasteiger partial charge in [0, 0.05) is 7.05 Å². The normalized spacial score (nSPS) is 10.8. The lowest BCUT2D eigenvalue weighted by molar-refractivity contribution is 0.143. The van der Waals surface area contributed by atoms with Crippen LogP contribution in [0.5, 0.6) is 0 Å². The third-order valence-electron chi connectivity index (χ3n) is 1.74. The van der Waals surface area contributed by atoms with Crippen LogP contribution in [0.2, 0.25) is 0 Å². The van der Waals surface area contributed by atoms with E-state index in [-0.39, 0.29) is 0 Å². The number of rotatable bonds is 0. The van der Waals surface area contributed by atoms with E-state index in [1.165, 1.54) is 0 Å². The zero-order chi connectivity index (χ0) is 10.1. The molecule has 0 aliphatic carbocycles. The first-order valence-corrected chi connectivity index (χ1v) is 4.14. The Morgan fingerprint density at radius 2 is 2.15 bits per heavy atom. The molecule has 0 spiro atoms. The Balaban J connectivity index is 2.97. The van der Waals surface area contributed by atoms with Gasteiger partial charge < -0.3 is 5.11 Å². The number of aryl methyl sites for hydroxylation is 1. The Kier molecular flexibility index (Phi) is 2.44. The van der Waals surface area contributed by atoms with Crippen LogP contribution in [0.3, 0.4) is 0 Å². The van der Waals surface area contributed by atoms with Crippen LogP contribution in [0.1, 0.15) is 25.1 Å². The molecule has 70 valence electrons. The monoisotopic (exact) mass is 178 g/mol. The Labute approximate surface area is 78.4 Å². The second-order valence-corrected chi connectivity index (χ2v) is 3.58. The highest BCUT2D eigenvalue weighted by Gasteiger charge is 2.06. The van der Waals surface area contributed by atoms with Crippen molar-refractivity contribution < 1.29 is 5.11 Å². The van der Waals surface area contributed by atoms with Crippen molar-refractivity contribution in [2.24, 2.45) is 7.05 Å². The summed E-state index contributed by atoms with van der Waals surface area (Å²) in [6.07, 6.45) is 1.70. The molecule has 1 heterocycles. The minimum Gasteiger partial charge on any atom is -0.378 e. The Hall–Kier alpha value is -1.27. The molecule has 3 heteroatoms. The summed E-state index contributed by atoms with van der Waals surface area (Å²) >= 11 is 0. The number of nitrogens with zero attached hydrogens (tertiary/aromatic N) is 2. The van der Waals surface area contributed by atoms with Crippen molar-refractivity contribution >= 4 is 0 Å². The predicted molar refractivity (Wildman–Crippen MR) is 51.1 cm³/mol. The van der Waals surface area contributed by atoms with E-state index in [1.807, 2.05) is 14.0 Å². The SMILES string of the molecule is Cc1c(C#CC(C)(C)O)cnn1C. The standard InChI is InChI=1S/C10H14N2O/c1-8-9(7-11-12(8)4)5-6-10(2,3)13/h7,13H,1-4H3. The van der Waals surface area contributed by atoms with Gasteiger partial charge in [-0.1, -0.05) is 11.8 Å². The van der Waals surface area contributed by atoms with Crippen LogP contribution in [0.4, 0.5) is 0 Å². The van der Waals surface area contributed by atoms with Gasteiger partial charge in [0.05, 0.1) is 17.5 Å². The van der Waals surface area contributed by atoms with Gasteiger partial charge in [0.15, 0.2) is 0 Å². The van der Waals surface area contributed by atoms with E-state index in [9.17, 15) is 5.11 Å². The van der Waals surface area contributed by atoms with Gasteiger partial charge in [-0.2, -0.15) is 5.10 Å². The van der Waals surface area contributed by atoms with Crippen LogP contribution in [0.25, 0.3) is 0 Å². The fourth-order valence-corrected chi connectivity index (χ4v) is 0.842. The van der Waals surface area contributed by atoms with Crippen molar-refractivity contribution in [3.8, 4) is 11.8 Å². The molecule has 3 nitrogen and oxygen atoms in total. The highest BCUT2D eigenvalue weighted by Crippen LogP contribution is 2.04. The molecule has 0 aliphatic rings. The average Bonchev–Trinajstić information content (AvgIpc) is 2.29. The van der Waals surface area contributed by atoms with Crippen molar-refractivity contribution in [3.05, 3.63) is 17.5 Å². The van der Waals surface area contributed by atoms with Crippen LogP contribution in [0, 0.1) is 18.8 Å². The topological polar surface area (TPSA) is 38.1 Å². The van der Waals surface area contributed by atoms with Crippen molar-refractivity contribution in [1.29, 1.82) is 0 Å². The van der Waals surface area contributed by atoms with Crippen LogP contribution in [-0.2, 0) is 7.05 Å². The maximum absolute atomic E-state index is 9.38. The van der Waals surface area contributed by atoms with Gasteiger partial charge >= 0.3 is 0 Å². The van der Waals surface area contributed by atoms with E-state index in [1.54, 1.807) is 24.7 Å². The first-order chi connectivity index (χ1) is 5.90. The number of hydrogen-bond acceptors (Lipinski definition) is 2. The van der Waals surface area contributed by atoms with Crippen LogP contribution in [0.15, 0.2) is 6.20 Å². The summed E-state index contributed by atoms with van der Waals surface area (Å²) in [5, 5.41) is 13.4. The molecule has 0 atom stereocenters. The lowest BCUT2D eigenvalue weighted by Crippen LogP contribution is -2.14. The van der Waals surface area contributed by atoms with Crippen molar-refractivity contribution in [3.63, 3.8) is 0 Å². The quantitative estimate of drug-likeness (QED) is 0.598. The summed E-state index contributed by atoms with van der Waals surface area (Å²) < 4.78 is 1.76. The molecular weight excluding hydrogens is 164 g/mol. The van der Waals surface area contributed by atoms with Crippen molar-refractivity contribution in [2.75, 3.05) is 0 Å². The van der Waals surface area contributed by atoms with Gasteiger partial charge in [-0.15, -0.1) is 0 Å². The second kappa shape index (κ2) is 3.23. The highest BCUT2D eigenvalue weighted by atomic mass is 16.3. The number of aliphatic hydroxyl groups is 1. The summed E-state index contributed by atoms with van der Waals surface area (Å²) in [4.78, 5) is 0. The minimum absolute atomic E-state index is 0.865. The Morgan fingerprint density at radius 3 is 2.54 bits per heavy atom. The number of hydrogen-bond donors (Lipinski definition) is 1. The molecule has 1 N–H and O–H groups in total. The summed E-state index contributed by atoms with van der Waals surface area (Å²) in [6.45, 7) is 5.26. The van der Waals surface area contributed by atoms with Gasteiger partial charge in [0.25, 0.3) is 0 Å². The lowest BCUT2D eigenvalue weighted by atomic mass is 10.1. The molecule has 1 aromatic heterocycles. The first kappa shape index (κ1) is 9.82. The third kappa shape index (κ3) is 2.60. The molecule has 1 aromatic rings. The summed E-state index contributed by atoms with van der Waals surface area (Å²) in [5.41, 5.74) is 0.934. The minimum atomic E-state index is -0.942. The van der Waals surface area contributed by atoms with Gasteiger partial charge in [-0.25, -0.2) is 0 Å². The van der Waals surface area contributed by atoms with Crippen LogP contribution < -0.4 is 0 Å². The fourth-order valence-electron chi connectivity index (χ4n) is 0.842. The molecule has 0 saturated carbocycles. The summed E-state index contributed by atoms with van der Waals surface area (Å²) in [6, 6.07) is 0. The number of aromatic nitrogens is 2. The highest BCUT2D eigenvalue weighted by molar-refractivity contribution is 5.37. The van der Waals surface area contributed by atoms with Gasteiger partial charge in [-0.3, -0.25) is 4.68 Å². The zero-order valence-electron chi connectivity index (χ0n) is 8.42. The van der Waals surface area contributed by atoms with E-state index < -0.39 is 5.60 Å². The van der Waals surface area contributed by atoms with Crippen LogP contribution in [-0.4, -0.2) is 20.5 Å². The molecule has 0 aromatic carbocycles. The average molecular weight is 178 g/mol. The van der Waals surface area contributed by atoms with Crippen molar-refractivity contribution in [2.45, 2.75) is 26.4 Å². The fraction of sp³-hybridized carbons (Fsp3) is 0.500. The van der Waals surface area contributed by atoms with Crippen molar-refractivity contribution in [1.82, 2.24) is 9.78 Å². The molecular formula is C10H14N2O. The van der Waals surface area contributed by atoms with Gasteiger partial charge in [0.1, 0.15) is 5.60 Å².